The quantitative estimate of drug-likeness (QED) is 0.508. The van der Waals surface area contributed by atoms with Crippen LogP contribution >= 0.6 is 11.8 Å². The van der Waals surface area contributed by atoms with E-state index in [0.717, 1.165) is 0 Å². The molecule has 2 rings (SSSR count). The summed E-state index contributed by atoms with van der Waals surface area (Å²) in [5.41, 5.74) is 1.72. The van der Waals surface area contributed by atoms with Crippen LogP contribution in [0, 0.1) is 0 Å². The molecule has 0 aromatic heterocycles. The lowest BCUT2D eigenvalue weighted by Gasteiger charge is -2.25. The third kappa shape index (κ3) is 4.07. The first kappa shape index (κ1) is 17.4. The molecule has 0 bridgehead atoms. The second-order valence-electron chi connectivity index (χ2n) is 7.57. The molecule has 0 nitrogen and oxygen atoms in total. The Morgan fingerprint density at radius 1 is 0.864 bits per heavy atom. The van der Waals surface area contributed by atoms with E-state index in [0.29, 0.717) is 4.75 Å². The highest BCUT2D eigenvalue weighted by atomic mass is 32.2. The maximum absolute atomic E-state index is 2.40. The van der Waals surface area contributed by atoms with Crippen molar-refractivity contribution in [3.8, 4) is 0 Å². The van der Waals surface area contributed by atoms with Gasteiger partial charge < -0.3 is 0 Å². The fourth-order valence-corrected chi connectivity index (χ4v) is 3.97. The zero-order chi connectivity index (χ0) is 16.4. The molecule has 0 saturated heterocycles. The van der Waals surface area contributed by atoms with Gasteiger partial charge in [0.2, 0.25) is 0 Å². The highest BCUT2D eigenvalue weighted by Crippen LogP contribution is 2.37. The summed E-state index contributed by atoms with van der Waals surface area (Å²) in [6.45, 7) is 13.9. The smallest absolute Gasteiger partial charge is 0.0148 e. The van der Waals surface area contributed by atoms with E-state index in [1.807, 2.05) is 11.8 Å². The van der Waals surface area contributed by atoms with Crippen LogP contribution < -0.4 is 0 Å². The molecular formula is C21H30S. The minimum absolute atomic E-state index is 0.259. The molecule has 0 radical (unpaired) electrons. The molecule has 0 spiro atoms. The van der Waals surface area contributed by atoms with Gasteiger partial charge in [0.1, 0.15) is 0 Å². The molecule has 0 atom stereocenters. The Morgan fingerprint density at radius 3 is 2.18 bits per heavy atom. The summed E-state index contributed by atoms with van der Waals surface area (Å²) in [4.78, 5) is 1.38. The van der Waals surface area contributed by atoms with Crippen molar-refractivity contribution in [1.82, 2.24) is 0 Å². The van der Waals surface area contributed by atoms with Crippen molar-refractivity contribution in [2.75, 3.05) is 0 Å². The van der Waals surface area contributed by atoms with E-state index in [9.17, 15) is 0 Å². The van der Waals surface area contributed by atoms with Crippen LogP contribution in [0.15, 0.2) is 41.3 Å². The lowest BCUT2D eigenvalue weighted by atomic mass is 9.80. The Labute approximate surface area is 140 Å². The largest absolute Gasteiger partial charge is 0.120 e. The number of hydrogen-bond acceptors (Lipinski definition) is 1. The van der Waals surface area contributed by atoms with Gasteiger partial charge in [-0.25, -0.2) is 0 Å². The number of thioether (sulfide) groups is 1. The van der Waals surface area contributed by atoms with Crippen molar-refractivity contribution < 1.29 is 0 Å². The lowest BCUT2D eigenvalue weighted by molar-refractivity contribution is 0.473. The number of fused-ring (bicyclic) bond motifs is 1. The van der Waals surface area contributed by atoms with Crippen molar-refractivity contribution in [2.45, 2.75) is 75.9 Å². The molecule has 0 amide bonds. The van der Waals surface area contributed by atoms with E-state index in [1.165, 1.54) is 40.5 Å². The summed E-state index contributed by atoms with van der Waals surface area (Å²) in [5.74, 6) is 0. The number of hydrogen-bond donors (Lipinski definition) is 0. The molecule has 1 heteroatoms. The van der Waals surface area contributed by atoms with Crippen LogP contribution in [0.5, 0.6) is 0 Å². The van der Waals surface area contributed by atoms with Crippen LogP contribution in [0.1, 0.15) is 66.4 Å². The third-order valence-electron chi connectivity index (χ3n) is 4.71. The molecule has 0 unspecified atom stereocenters. The molecule has 0 aliphatic heterocycles. The Kier molecular flexibility index (Phi) is 5.27. The number of benzene rings is 2. The fourth-order valence-electron chi connectivity index (χ4n) is 2.87. The van der Waals surface area contributed by atoms with Gasteiger partial charge in [-0.05, 0) is 46.7 Å². The normalized spacial score (nSPS) is 12.8. The fraction of sp³-hybridized carbons (Fsp3) is 0.524. The zero-order valence-corrected chi connectivity index (χ0v) is 15.8. The lowest BCUT2D eigenvalue weighted by Crippen LogP contribution is -2.16. The van der Waals surface area contributed by atoms with Gasteiger partial charge in [-0.1, -0.05) is 72.2 Å². The van der Waals surface area contributed by atoms with Crippen LogP contribution in [-0.4, -0.2) is 4.75 Å². The van der Waals surface area contributed by atoms with Gasteiger partial charge in [0, 0.05) is 9.64 Å². The van der Waals surface area contributed by atoms with Crippen molar-refractivity contribution >= 4 is 22.5 Å². The van der Waals surface area contributed by atoms with Gasteiger partial charge in [0.05, 0.1) is 0 Å². The zero-order valence-electron chi connectivity index (χ0n) is 15.0. The predicted molar refractivity (Wildman–Crippen MR) is 102 cm³/mol. The van der Waals surface area contributed by atoms with Gasteiger partial charge in [-0.3, -0.25) is 0 Å². The summed E-state index contributed by atoms with van der Waals surface area (Å²) >= 11 is 1.98. The molecule has 0 N–H and O–H groups in total. The maximum Gasteiger partial charge on any atom is 0.0148 e. The van der Waals surface area contributed by atoms with Gasteiger partial charge >= 0.3 is 0 Å². The molecule has 2 aromatic rings. The summed E-state index contributed by atoms with van der Waals surface area (Å²) in [6, 6.07) is 13.9. The molecule has 0 fully saturated rings. The molecule has 120 valence electrons. The van der Waals surface area contributed by atoms with Crippen LogP contribution in [0.3, 0.4) is 0 Å². The average molecular weight is 315 g/mol. The Balaban J connectivity index is 2.38. The van der Waals surface area contributed by atoms with E-state index >= 15 is 0 Å². The van der Waals surface area contributed by atoms with Crippen LogP contribution in [0.4, 0.5) is 0 Å². The average Bonchev–Trinajstić information content (AvgIpc) is 2.46. The first-order valence-electron chi connectivity index (χ1n) is 8.51. The van der Waals surface area contributed by atoms with Crippen molar-refractivity contribution in [3.05, 3.63) is 42.0 Å². The predicted octanol–water partition coefficient (Wildman–Crippen LogP) is 7.20. The van der Waals surface area contributed by atoms with Gasteiger partial charge in [0.25, 0.3) is 0 Å². The number of rotatable bonds is 6. The minimum Gasteiger partial charge on any atom is -0.120 e. The Hall–Kier alpha value is -0.950. The van der Waals surface area contributed by atoms with E-state index in [-0.39, 0.29) is 5.41 Å². The van der Waals surface area contributed by atoms with Gasteiger partial charge in [-0.2, -0.15) is 0 Å². The standard InChI is InChI=1S/C21H30S/c1-7-13-20(3,4)18-11-9-16-10-12-19(15-17(16)14-18)22-21(5,6)8-2/h9-12,14-15H,7-8,13H2,1-6H3. The van der Waals surface area contributed by atoms with Crippen molar-refractivity contribution in [2.24, 2.45) is 0 Å². The minimum atomic E-state index is 0.259. The highest BCUT2D eigenvalue weighted by molar-refractivity contribution is 8.00. The Morgan fingerprint density at radius 2 is 1.55 bits per heavy atom. The molecule has 0 saturated carbocycles. The molecular weight excluding hydrogens is 284 g/mol. The third-order valence-corrected chi connectivity index (χ3v) is 6.04. The van der Waals surface area contributed by atoms with E-state index in [1.54, 1.807) is 0 Å². The maximum atomic E-state index is 2.40. The second-order valence-corrected chi connectivity index (χ2v) is 9.35. The van der Waals surface area contributed by atoms with E-state index in [4.69, 9.17) is 0 Å². The van der Waals surface area contributed by atoms with Gasteiger partial charge in [0.15, 0.2) is 0 Å². The highest BCUT2D eigenvalue weighted by Gasteiger charge is 2.20. The molecule has 0 aliphatic rings. The van der Waals surface area contributed by atoms with Crippen LogP contribution in [0.2, 0.25) is 0 Å². The summed E-state index contributed by atoms with van der Waals surface area (Å²) < 4.78 is 0.298. The van der Waals surface area contributed by atoms with Gasteiger partial charge in [-0.15, -0.1) is 11.8 Å². The van der Waals surface area contributed by atoms with E-state index in [2.05, 4.69) is 77.9 Å². The molecule has 0 aliphatic carbocycles. The monoisotopic (exact) mass is 314 g/mol. The van der Waals surface area contributed by atoms with Crippen LogP contribution in [-0.2, 0) is 5.41 Å². The molecule has 2 aromatic carbocycles. The van der Waals surface area contributed by atoms with Crippen molar-refractivity contribution in [3.63, 3.8) is 0 Å². The summed E-state index contributed by atoms with van der Waals surface area (Å²) in [7, 11) is 0. The van der Waals surface area contributed by atoms with E-state index < -0.39 is 0 Å². The summed E-state index contributed by atoms with van der Waals surface area (Å²) in [6.07, 6.45) is 3.64. The van der Waals surface area contributed by atoms with Crippen molar-refractivity contribution in [1.29, 1.82) is 0 Å². The first-order valence-corrected chi connectivity index (χ1v) is 9.32. The SMILES string of the molecule is CCCC(C)(C)c1ccc2ccc(SC(C)(C)CC)cc2c1. The molecule has 0 heterocycles. The Bertz CT molecular complexity index is 637. The first-order chi connectivity index (χ1) is 10.3. The molecule has 22 heavy (non-hydrogen) atoms. The topological polar surface area (TPSA) is 0 Å². The summed E-state index contributed by atoms with van der Waals surface area (Å²) in [5, 5.41) is 2.72. The second kappa shape index (κ2) is 6.66. The van der Waals surface area contributed by atoms with Crippen LogP contribution in [0.25, 0.3) is 10.8 Å².